The van der Waals surface area contributed by atoms with Crippen LogP contribution in [0.15, 0.2) is 52.0 Å². The number of aromatic nitrogens is 4. The number of rotatable bonds is 3. The van der Waals surface area contributed by atoms with Crippen molar-refractivity contribution >= 4 is 23.1 Å². The Kier molecular flexibility index (Phi) is 4.12. The summed E-state index contributed by atoms with van der Waals surface area (Å²) < 4.78 is 20.3. The molecule has 0 spiro atoms. The lowest BCUT2D eigenvalue weighted by molar-refractivity contribution is 0.521. The molecule has 3 aromatic heterocycles. The third-order valence-electron chi connectivity index (χ3n) is 4.12. The van der Waals surface area contributed by atoms with Crippen molar-refractivity contribution in [3.8, 4) is 5.69 Å². The van der Waals surface area contributed by atoms with Crippen LogP contribution in [0.1, 0.15) is 23.1 Å². The quantitative estimate of drug-likeness (QED) is 0.556. The van der Waals surface area contributed by atoms with E-state index in [4.69, 9.17) is 4.42 Å². The van der Waals surface area contributed by atoms with Crippen LogP contribution in [-0.2, 0) is 0 Å². The smallest absolute Gasteiger partial charge is 0.266 e. The number of benzene rings is 1. The predicted molar refractivity (Wildman–Crippen MR) is 100.0 cm³/mol. The topological polar surface area (TPSA) is 73.8 Å². The van der Waals surface area contributed by atoms with Crippen LogP contribution in [0.25, 0.3) is 28.7 Å². The van der Waals surface area contributed by atoms with Gasteiger partial charge < -0.3 is 4.42 Å². The van der Waals surface area contributed by atoms with Crippen molar-refractivity contribution in [3.63, 3.8) is 0 Å². The van der Waals surface area contributed by atoms with E-state index in [1.165, 1.54) is 29.0 Å². The molecule has 0 aliphatic heterocycles. The molecule has 1 aromatic carbocycles. The zero-order valence-corrected chi connectivity index (χ0v) is 14.7. The summed E-state index contributed by atoms with van der Waals surface area (Å²) in [5.74, 6) is 0.435. The van der Waals surface area contributed by atoms with E-state index in [2.05, 4.69) is 15.0 Å². The molecule has 0 radical (unpaired) electrons. The Labute approximate surface area is 153 Å². The maximum atomic E-state index is 13.7. The standard InChI is InChI=1S/C20H15FN4O2/c1-12-18(4-3-9-22-12)25-19(8-6-15-11-27-13(2)23-15)24-17-7-5-14(21)10-16(17)20(25)26/h3-11H,1-2H3/b8-6+. The summed E-state index contributed by atoms with van der Waals surface area (Å²) in [7, 11) is 0. The Morgan fingerprint density at radius 2 is 2.00 bits per heavy atom. The largest absolute Gasteiger partial charge is 0.449 e. The molecule has 0 aliphatic rings. The number of nitrogens with zero attached hydrogens (tertiary/aromatic N) is 4. The average Bonchev–Trinajstić information content (AvgIpc) is 3.07. The van der Waals surface area contributed by atoms with E-state index < -0.39 is 5.82 Å². The fourth-order valence-electron chi connectivity index (χ4n) is 2.85. The first kappa shape index (κ1) is 16.8. The van der Waals surface area contributed by atoms with Crippen LogP contribution in [0.3, 0.4) is 0 Å². The van der Waals surface area contributed by atoms with E-state index in [0.29, 0.717) is 34.3 Å². The molecule has 0 saturated carbocycles. The van der Waals surface area contributed by atoms with Gasteiger partial charge in [-0.25, -0.2) is 14.4 Å². The highest BCUT2D eigenvalue weighted by Crippen LogP contribution is 2.17. The Bertz CT molecular complexity index is 1240. The molecular weight excluding hydrogens is 347 g/mol. The van der Waals surface area contributed by atoms with Gasteiger partial charge in [0.2, 0.25) is 0 Å². The van der Waals surface area contributed by atoms with Crippen LogP contribution >= 0.6 is 0 Å². The molecule has 0 saturated heterocycles. The van der Waals surface area contributed by atoms with Crippen molar-refractivity contribution in [1.29, 1.82) is 0 Å². The minimum atomic E-state index is -0.489. The van der Waals surface area contributed by atoms with Crippen molar-refractivity contribution in [3.05, 3.63) is 82.1 Å². The molecule has 0 fully saturated rings. The van der Waals surface area contributed by atoms with Gasteiger partial charge in [0, 0.05) is 13.1 Å². The Balaban J connectivity index is 2.00. The molecule has 0 atom stereocenters. The predicted octanol–water partition coefficient (Wildman–Crippen LogP) is 3.70. The van der Waals surface area contributed by atoms with Gasteiger partial charge in [-0.15, -0.1) is 0 Å². The fourth-order valence-corrected chi connectivity index (χ4v) is 2.85. The SMILES string of the molecule is Cc1nc(/C=C/c2nc3ccc(F)cc3c(=O)n2-c2cccnc2C)co1. The number of hydrogen-bond donors (Lipinski definition) is 0. The molecule has 0 bridgehead atoms. The third kappa shape index (κ3) is 3.15. The van der Waals surface area contributed by atoms with Crippen LogP contribution in [0, 0.1) is 19.7 Å². The molecule has 7 heteroatoms. The van der Waals surface area contributed by atoms with Crippen molar-refractivity contribution in [2.45, 2.75) is 13.8 Å². The summed E-state index contributed by atoms with van der Waals surface area (Å²) >= 11 is 0. The lowest BCUT2D eigenvalue weighted by atomic mass is 10.2. The molecule has 0 N–H and O–H groups in total. The van der Waals surface area contributed by atoms with Crippen LogP contribution in [-0.4, -0.2) is 19.5 Å². The van der Waals surface area contributed by atoms with E-state index in [1.807, 2.05) is 0 Å². The maximum absolute atomic E-state index is 13.7. The Morgan fingerprint density at radius 1 is 1.15 bits per heavy atom. The summed E-state index contributed by atoms with van der Waals surface area (Å²) in [6.45, 7) is 3.54. The van der Waals surface area contributed by atoms with Gasteiger partial charge in [0.15, 0.2) is 5.89 Å². The highest BCUT2D eigenvalue weighted by atomic mass is 19.1. The van der Waals surface area contributed by atoms with Gasteiger partial charge in [-0.2, -0.15) is 0 Å². The van der Waals surface area contributed by atoms with Gasteiger partial charge in [-0.3, -0.25) is 14.3 Å². The number of oxazole rings is 1. The molecule has 0 amide bonds. The molecule has 3 heterocycles. The molecule has 4 aromatic rings. The van der Waals surface area contributed by atoms with E-state index >= 15 is 0 Å². The van der Waals surface area contributed by atoms with Crippen LogP contribution in [0.4, 0.5) is 4.39 Å². The van der Waals surface area contributed by atoms with Crippen molar-refractivity contribution in [1.82, 2.24) is 19.5 Å². The molecular formula is C20H15FN4O2. The zero-order chi connectivity index (χ0) is 19.0. The van der Waals surface area contributed by atoms with Crippen LogP contribution < -0.4 is 5.56 Å². The fraction of sp³-hybridized carbons (Fsp3) is 0.100. The molecule has 27 heavy (non-hydrogen) atoms. The van der Waals surface area contributed by atoms with Gasteiger partial charge in [-0.1, -0.05) is 0 Å². The highest BCUT2D eigenvalue weighted by molar-refractivity contribution is 5.80. The lowest BCUT2D eigenvalue weighted by Crippen LogP contribution is -2.23. The number of halogens is 1. The van der Waals surface area contributed by atoms with E-state index in [1.54, 1.807) is 44.3 Å². The molecule has 4 rings (SSSR count). The minimum absolute atomic E-state index is 0.202. The third-order valence-corrected chi connectivity index (χ3v) is 4.12. The van der Waals surface area contributed by atoms with Gasteiger partial charge >= 0.3 is 0 Å². The van der Waals surface area contributed by atoms with Crippen molar-refractivity contribution in [2.75, 3.05) is 0 Å². The summed E-state index contributed by atoms with van der Waals surface area (Å²) in [5, 5.41) is 0.202. The number of fused-ring (bicyclic) bond motifs is 1. The first-order valence-electron chi connectivity index (χ1n) is 8.27. The van der Waals surface area contributed by atoms with Gasteiger partial charge in [0.25, 0.3) is 5.56 Å². The molecule has 0 unspecified atom stereocenters. The van der Waals surface area contributed by atoms with Gasteiger partial charge in [0.1, 0.15) is 23.6 Å². The highest BCUT2D eigenvalue weighted by Gasteiger charge is 2.14. The summed E-state index contributed by atoms with van der Waals surface area (Å²) in [6.07, 6.45) is 6.54. The first-order chi connectivity index (χ1) is 13.0. The number of pyridine rings is 1. The van der Waals surface area contributed by atoms with E-state index in [-0.39, 0.29) is 10.9 Å². The number of aryl methyl sites for hydroxylation is 2. The second kappa shape index (κ2) is 6.60. The summed E-state index contributed by atoms with van der Waals surface area (Å²) in [6, 6.07) is 7.47. The van der Waals surface area contributed by atoms with E-state index in [0.717, 1.165) is 0 Å². The summed E-state index contributed by atoms with van der Waals surface area (Å²) in [5.41, 5.74) is 1.89. The Hall–Kier alpha value is -3.61. The summed E-state index contributed by atoms with van der Waals surface area (Å²) in [4.78, 5) is 26.1. The van der Waals surface area contributed by atoms with Crippen molar-refractivity contribution in [2.24, 2.45) is 0 Å². The molecule has 6 nitrogen and oxygen atoms in total. The second-order valence-electron chi connectivity index (χ2n) is 6.00. The van der Waals surface area contributed by atoms with Crippen LogP contribution in [0.5, 0.6) is 0 Å². The van der Waals surface area contributed by atoms with Crippen molar-refractivity contribution < 1.29 is 8.81 Å². The van der Waals surface area contributed by atoms with Crippen LogP contribution in [0.2, 0.25) is 0 Å². The second-order valence-corrected chi connectivity index (χ2v) is 6.00. The normalized spacial score (nSPS) is 11.5. The maximum Gasteiger partial charge on any atom is 0.266 e. The van der Waals surface area contributed by atoms with Gasteiger partial charge in [0.05, 0.1) is 22.3 Å². The minimum Gasteiger partial charge on any atom is -0.449 e. The zero-order valence-electron chi connectivity index (χ0n) is 14.7. The lowest BCUT2D eigenvalue weighted by Gasteiger charge is -2.13. The average molecular weight is 362 g/mol. The first-order valence-corrected chi connectivity index (χ1v) is 8.27. The molecule has 134 valence electrons. The molecule has 0 aliphatic carbocycles. The Morgan fingerprint density at radius 3 is 2.74 bits per heavy atom. The van der Waals surface area contributed by atoms with E-state index in [9.17, 15) is 9.18 Å². The van der Waals surface area contributed by atoms with Gasteiger partial charge in [-0.05, 0) is 49.4 Å². The number of hydrogen-bond acceptors (Lipinski definition) is 5. The monoisotopic (exact) mass is 362 g/mol.